The van der Waals surface area contributed by atoms with Crippen LogP contribution in [0.2, 0.25) is 0 Å². The van der Waals surface area contributed by atoms with E-state index in [4.69, 9.17) is 9.47 Å². The molecule has 2 aliphatic heterocycles. The normalized spacial score (nSPS) is 21.8. The summed E-state index contributed by atoms with van der Waals surface area (Å²) >= 11 is 0. The van der Waals surface area contributed by atoms with Crippen molar-refractivity contribution in [2.24, 2.45) is 11.8 Å². The standard InChI is InChI=1S/C28H31N3O8S/c32-20(17-29-40(36,37)25-8-4-3-7-24(25)26(33)30-13-15-38-16-14-30)18-39-21-11-9-19(10-12-21)31-27(34)22-5-1-2-6-23(22)28(31)35/h1-4,7-12,20,22-23,29,32H,5-6,13-18H2/t20-,22-,23+/m1/s1. The van der Waals surface area contributed by atoms with E-state index in [9.17, 15) is 27.9 Å². The molecule has 0 saturated carbocycles. The highest BCUT2D eigenvalue weighted by molar-refractivity contribution is 7.89. The van der Waals surface area contributed by atoms with E-state index >= 15 is 0 Å². The fraction of sp³-hybridized carbons (Fsp3) is 0.393. The molecule has 12 heteroatoms. The first-order chi connectivity index (χ1) is 19.3. The number of imide groups is 1. The summed E-state index contributed by atoms with van der Waals surface area (Å²) in [6.45, 7) is 0.978. The van der Waals surface area contributed by atoms with Crippen LogP contribution >= 0.6 is 0 Å². The van der Waals surface area contributed by atoms with Gasteiger partial charge in [0.1, 0.15) is 18.5 Å². The van der Waals surface area contributed by atoms with Crippen LogP contribution in [-0.2, 0) is 24.3 Å². The van der Waals surface area contributed by atoms with Gasteiger partial charge < -0.3 is 19.5 Å². The van der Waals surface area contributed by atoms with Crippen LogP contribution in [0.1, 0.15) is 23.2 Å². The number of carbonyl (C=O) groups is 3. The van der Waals surface area contributed by atoms with Gasteiger partial charge in [0.05, 0.1) is 41.2 Å². The number of amides is 3. The van der Waals surface area contributed by atoms with E-state index in [1.165, 1.54) is 23.1 Å². The van der Waals surface area contributed by atoms with Crippen LogP contribution in [0.4, 0.5) is 5.69 Å². The molecule has 2 saturated heterocycles. The predicted octanol–water partition coefficient (Wildman–Crippen LogP) is 1.33. The monoisotopic (exact) mass is 569 g/mol. The van der Waals surface area contributed by atoms with E-state index in [-0.39, 0.29) is 47.3 Å². The number of nitrogens with zero attached hydrogens (tertiary/aromatic N) is 2. The molecule has 0 unspecified atom stereocenters. The lowest BCUT2D eigenvalue weighted by Gasteiger charge is -2.27. The summed E-state index contributed by atoms with van der Waals surface area (Å²) in [7, 11) is -4.11. The van der Waals surface area contributed by atoms with Gasteiger partial charge in [-0.2, -0.15) is 0 Å². The minimum absolute atomic E-state index is 0.0493. The topological polar surface area (TPSA) is 143 Å². The third-order valence-electron chi connectivity index (χ3n) is 7.26. The number of fused-ring (bicyclic) bond motifs is 1. The number of rotatable bonds is 9. The fourth-order valence-electron chi connectivity index (χ4n) is 5.10. The first-order valence-corrected chi connectivity index (χ1v) is 14.6. The smallest absolute Gasteiger partial charge is 0.255 e. The van der Waals surface area contributed by atoms with Crippen molar-refractivity contribution in [3.8, 4) is 5.75 Å². The third kappa shape index (κ3) is 5.80. The molecule has 40 heavy (non-hydrogen) atoms. The molecule has 2 aromatic rings. The zero-order valence-electron chi connectivity index (χ0n) is 21.8. The van der Waals surface area contributed by atoms with Crippen molar-refractivity contribution in [1.82, 2.24) is 9.62 Å². The lowest BCUT2D eigenvalue weighted by atomic mass is 9.85. The molecular formula is C28H31N3O8S. The average Bonchev–Trinajstić information content (AvgIpc) is 3.24. The molecule has 3 aliphatic rings. The second kappa shape index (κ2) is 11.9. The van der Waals surface area contributed by atoms with E-state index in [1.54, 1.807) is 35.2 Å². The zero-order chi connectivity index (χ0) is 28.3. The van der Waals surface area contributed by atoms with Gasteiger partial charge in [-0.05, 0) is 49.2 Å². The van der Waals surface area contributed by atoms with Crippen molar-refractivity contribution < 1.29 is 37.4 Å². The van der Waals surface area contributed by atoms with E-state index in [2.05, 4.69) is 4.72 Å². The van der Waals surface area contributed by atoms with Crippen molar-refractivity contribution in [3.05, 3.63) is 66.2 Å². The van der Waals surface area contributed by atoms with Crippen LogP contribution in [0.3, 0.4) is 0 Å². The summed E-state index contributed by atoms with van der Waals surface area (Å²) in [4.78, 5) is 41.1. The second-order valence-corrected chi connectivity index (χ2v) is 11.6. The van der Waals surface area contributed by atoms with Gasteiger partial charge >= 0.3 is 0 Å². The number of aliphatic hydroxyl groups excluding tert-OH is 1. The van der Waals surface area contributed by atoms with Crippen molar-refractivity contribution >= 4 is 33.4 Å². The Morgan fingerprint density at radius 1 is 1.00 bits per heavy atom. The molecule has 11 nitrogen and oxygen atoms in total. The molecule has 0 radical (unpaired) electrons. The van der Waals surface area contributed by atoms with Crippen LogP contribution in [-0.4, -0.2) is 81.7 Å². The molecule has 2 N–H and O–H groups in total. The molecule has 5 rings (SSSR count). The summed E-state index contributed by atoms with van der Waals surface area (Å²) in [6.07, 6.45) is 3.80. The van der Waals surface area contributed by atoms with E-state index in [0.717, 1.165) is 0 Å². The molecule has 3 atom stereocenters. The second-order valence-electron chi connectivity index (χ2n) is 9.88. The number of carbonyl (C=O) groups excluding carboxylic acids is 3. The number of morpholine rings is 1. The van der Waals surface area contributed by atoms with Crippen molar-refractivity contribution in [2.45, 2.75) is 23.8 Å². The van der Waals surface area contributed by atoms with Gasteiger partial charge in [0.25, 0.3) is 5.91 Å². The highest BCUT2D eigenvalue weighted by Gasteiger charge is 2.47. The lowest BCUT2D eigenvalue weighted by Crippen LogP contribution is -2.42. The van der Waals surface area contributed by atoms with Crippen molar-refractivity contribution in [3.63, 3.8) is 0 Å². The van der Waals surface area contributed by atoms with Gasteiger partial charge in [-0.3, -0.25) is 19.3 Å². The molecule has 0 aromatic heterocycles. The number of sulfonamides is 1. The molecule has 2 aromatic carbocycles. The zero-order valence-corrected chi connectivity index (χ0v) is 22.6. The van der Waals surface area contributed by atoms with Gasteiger partial charge in [0.2, 0.25) is 21.8 Å². The Balaban J connectivity index is 1.15. The Kier molecular flexibility index (Phi) is 8.31. The van der Waals surface area contributed by atoms with Gasteiger partial charge in [0.15, 0.2) is 0 Å². The predicted molar refractivity (Wildman–Crippen MR) is 144 cm³/mol. The highest BCUT2D eigenvalue weighted by Crippen LogP contribution is 2.38. The number of aliphatic hydroxyl groups is 1. The maximum atomic E-state index is 13.0. The first kappa shape index (κ1) is 28.0. The van der Waals surface area contributed by atoms with Gasteiger partial charge in [0, 0.05) is 19.6 Å². The number of allylic oxidation sites excluding steroid dienone is 2. The molecule has 0 bridgehead atoms. The largest absolute Gasteiger partial charge is 0.491 e. The van der Waals surface area contributed by atoms with Crippen LogP contribution in [0.25, 0.3) is 0 Å². The Bertz CT molecular complexity index is 1380. The van der Waals surface area contributed by atoms with Crippen LogP contribution in [0.5, 0.6) is 5.75 Å². The van der Waals surface area contributed by atoms with E-state index in [0.29, 0.717) is 50.6 Å². The summed E-state index contributed by atoms with van der Waals surface area (Å²) in [6, 6.07) is 12.3. The van der Waals surface area contributed by atoms with Crippen LogP contribution < -0.4 is 14.4 Å². The van der Waals surface area contributed by atoms with Crippen LogP contribution in [0, 0.1) is 11.8 Å². The SMILES string of the molecule is O=C(c1ccccc1S(=O)(=O)NC[C@@H](O)COc1ccc(N2C(=O)[C@H]3CC=CC[C@H]3C2=O)cc1)N1CCOCC1. The summed E-state index contributed by atoms with van der Waals surface area (Å²) in [5, 5.41) is 10.4. The molecule has 1 aliphatic carbocycles. The van der Waals surface area contributed by atoms with E-state index in [1.807, 2.05) is 12.2 Å². The molecular weight excluding hydrogens is 538 g/mol. The van der Waals surface area contributed by atoms with E-state index < -0.39 is 22.0 Å². The summed E-state index contributed by atoms with van der Waals surface area (Å²) in [5.74, 6) is -1.07. The average molecular weight is 570 g/mol. The van der Waals surface area contributed by atoms with Gasteiger partial charge in [-0.25, -0.2) is 13.1 Å². The van der Waals surface area contributed by atoms with Gasteiger partial charge in [-0.15, -0.1) is 0 Å². The number of benzene rings is 2. The Hall–Kier alpha value is -3.58. The molecule has 0 spiro atoms. The Morgan fingerprint density at radius 3 is 2.27 bits per heavy atom. The first-order valence-electron chi connectivity index (χ1n) is 13.2. The quantitative estimate of drug-likeness (QED) is 0.340. The number of ether oxygens (including phenoxy) is 2. The van der Waals surface area contributed by atoms with Crippen molar-refractivity contribution in [2.75, 3.05) is 44.4 Å². The number of hydrogen-bond donors (Lipinski definition) is 2. The highest BCUT2D eigenvalue weighted by atomic mass is 32.2. The molecule has 3 amide bonds. The molecule has 2 heterocycles. The maximum Gasteiger partial charge on any atom is 0.255 e. The molecule has 2 fully saturated rings. The number of nitrogens with one attached hydrogen (secondary N) is 1. The number of anilines is 1. The maximum absolute atomic E-state index is 13.0. The minimum Gasteiger partial charge on any atom is -0.491 e. The van der Waals surface area contributed by atoms with Gasteiger partial charge in [-0.1, -0.05) is 24.3 Å². The molecule has 212 valence electrons. The summed E-state index contributed by atoms with van der Waals surface area (Å²) < 4.78 is 39.2. The minimum atomic E-state index is -4.11. The lowest BCUT2D eigenvalue weighted by molar-refractivity contribution is -0.122. The Labute approximate surface area is 232 Å². The fourth-order valence-corrected chi connectivity index (χ4v) is 6.37. The third-order valence-corrected chi connectivity index (χ3v) is 8.74. The summed E-state index contributed by atoms with van der Waals surface area (Å²) in [5.41, 5.74) is 0.503. The van der Waals surface area contributed by atoms with Crippen molar-refractivity contribution in [1.29, 1.82) is 0 Å². The number of hydrogen-bond acceptors (Lipinski definition) is 8. The Morgan fingerprint density at radius 2 is 1.62 bits per heavy atom. The van der Waals surface area contributed by atoms with Crippen LogP contribution in [0.15, 0.2) is 65.6 Å².